The first kappa shape index (κ1) is 29.8. The smallest absolute Gasteiger partial charge is 0.264 e. The molecule has 4 aromatic carbocycles. The highest BCUT2D eigenvalue weighted by Gasteiger charge is 2.28. The monoisotopic (exact) mass is 591 g/mol. The quantitative estimate of drug-likeness (QED) is 0.253. The van der Waals surface area contributed by atoms with E-state index < -0.39 is 32.5 Å². The van der Waals surface area contributed by atoms with Gasteiger partial charge in [-0.2, -0.15) is 0 Å². The molecule has 41 heavy (non-hydrogen) atoms. The molecule has 10 heteroatoms. The van der Waals surface area contributed by atoms with Crippen LogP contribution < -0.4 is 14.3 Å². The van der Waals surface area contributed by atoms with Gasteiger partial charge in [0.1, 0.15) is 6.54 Å². The number of benzene rings is 4. The third-order valence-electron chi connectivity index (χ3n) is 6.72. The van der Waals surface area contributed by atoms with Crippen molar-refractivity contribution in [2.24, 2.45) is 0 Å². The van der Waals surface area contributed by atoms with Crippen molar-refractivity contribution in [3.8, 4) is 0 Å². The lowest BCUT2D eigenvalue weighted by Gasteiger charge is -2.26. The Morgan fingerprint density at radius 2 is 1.22 bits per heavy atom. The van der Waals surface area contributed by atoms with Gasteiger partial charge in [0.25, 0.3) is 20.0 Å². The molecule has 0 heterocycles. The highest BCUT2D eigenvalue weighted by atomic mass is 32.2. The van der Waals surface area contributed by atoms with Crippen molar-refractivity contribution in [2.45, 2.75) is 44.4 Å². The molecule has 0 aliphatic heterocycles. The summed E-state index contributed by atoms with van der Waals surface area (Å²) in [7, 11) is -7.93. The fourth-order valence-electron chi connectivity index (χ4n) is 4.29. The van der Waals surface area contributed by atoms with Gasteiger partial charge in [-0.15, -0.1) is 0 Å². The lowest BCUT2D eigenvalue weighted by Crippen LogP contribution is -2.38. The van der Waals surface area contributed by atoms with E-state index in [9.17, 15) is 21.6 Å². The normalized spacial score (nSPS) is 11.6. The van der Waals surface area contributed by atoms with Crippen LogP contribution >= 0.6 is 0 Å². The predicted octanol–water partition coefficient (Wildman–Crippen LogP) is 5.86. The van der Waals surface area contributed by atoms with Crippen molar-refractivity contribution in [3.63, 3.8) is 0 Å². The van der Waals surface area contributed by atoms with E-state index in [0.717, 1.165) is 26.6 Å². The second kappa shape index (κ2) is 11.8. The molecule has 0 saturated heterocycles. The molecule has 0 atom stereocenters. The lowest BCUT2D eigenvalue weighted by molar-refractivity contribution is -0.114. The van der Waals surface area contributed by atoms with Gasteiger partial charge >= 0.3 is 0 Å². The molecule has 4 rings (SSSR count). The molecule has 0 saturated carbocycles. The molecule has 2 N–H and O–H groups in total. The minimum atomic E-state index is -4.07. The van der Waals surface area contributed by atoms with Crippen LogP contribution in [0.1, 0.15) is 27.8 Å². The SMILES string of the molecule is Cc1ccc(S(=O)(=O)N(CC(=O)Nc2ccc(S(=O)(=O)Nc3ccc(C)c(C)c3)cc2)c2ccc(C)cc2C)cc1. The van der Waals surface area contributed by atoms with Crippen LogP contribution in [-0.2, 0) is 24.8 Å². The summed E-state index contributed by atoms with van der Waals surface area (Å²) < 4.78 is 56.8. The van der Waals surface area contributed by atoms with Crippen LogP contribution in [0.3, 0.4) is 0 Å². The Balaban J connectivity index is 1.55. The van der Waals surface area contributed by atoms with E-state index in [1.54, 1.807) is 43.3 Å². The lowest BCUT2D eigenvalue weighted by atomic mass is 10.1. The molecule has 214 valence electrons. The van der Waals surface area contributed by atoms with E-state index in [2.05, 4.69) is 10.0 Å². The van der Waals surface area contributed by atoms with Gasteiger partial charge in [0.15, 0.2) is 0 Å². The Hall–Kier alpha value is -4.15. The van der Waals surface area contributed by atoms with E-state index >= 15 is 0 Å². The molecule has 1 amide bonds. The number of nitrogens with zero attached hydrogens (tertiary/aromatic N) is 1. The third-order valence-corrected chi connectivity index (χ3v) is 9.90. The maximum Gasteiger partial charge on any atom is 0.264 e. The van der Waals surface area contributed by atoms with Crippen LogP contribution in [0, 0.1) is 34.6 Å². The van der Waals surface area contributed by atoms with Crippen molar-refractivity contribution in [3.05, 3.63) is 113 Å². The van der Waals surface area contributed by atoms with Crippen molar-refractivity contribution >= 4 is 43.0 Å². The summed E-state index contributed by atoms with van der Waals surface area (Å²) in [4.78, 5) is 13.2. The standard InChI is InChI=1S/C31H33N3O5S2/c1-21-6-13-29(14-7-21)41(38,39)34(30-17-8-22(2)18-25(30)5)20-31(35)32-26-11-15-28(16-12-26)40(36,37)33-27-10-9-23(3)24(4)19-27/h6-19,33H,20H2,1-5H3,(H,32,35). The zero-order valence-corrected chi connectivity index (χ0v) is 25.2. The van der Waals surface area contributed by atoms with Gasteiger partial charge in [0, 0.05) is 11.4 Å². The molecule has 0 bridgehead atoms. The predicted molar refractivity (Wildman–Crippen MR) is 163 cm³/mol. The number of carbonyl (C=O) groups excluding carboxylic acids is 1. The average Bonchev–Trinajstić information content (AvgIpc) is 2.90. The molecule has 0 radical (unpaired) electrons. The van der Waals surface area contributed by atoms with Crippen LogP contribution in [-0.4, -0.2) is 29.3 Å². The first-order valence-corrected chi connectivity index (χ1v) is 15.9. The number of amides is 1. The van der Waals surface area contributed by atoms with Crippen LogP contribution in [0.25, 0.3) is 0 Å². The number of carbonyl (C=O) groups is 1. The average molecular weight is 592 g/mol. The molecule has 0 aromatic heterocycles. The van der Waals surface area contributed by atoms with Crippen molar-refractivity contribution in [1.29, 1.82) is 0 Å². The number of hydrogen-bond acceptors (Lipinski definition) is 5. The van der Waals surface area contributed by atoms with Gasteiger partial charge in [-0.05, 0) is 106 Å². The molecule has 8 nitrogen and oxygen atoms in total. The first-order chi connectivity index (χ1) is 19.3. The first-order valence-electron chi connectivity index (χ1n) is 12.9. The van der Waals surface area contributed by atoms with Gasteiger partial charge in [-0.3, -0.25) is 13.8 Å². The van der Waals surface area contributed by atoms with Gasteiger partial charge in [0.05, 0.1) is 15.5 Å². The highest BCUT2D eigenvalue weighted by molar-refractivity contribution is 7.93. The molecular formula is C31H33N3O5S2. The molecule has 0 spiro atoms. The molecular weight excluding hydrogens is 558 g/mol. The second-order valence-corrected chi connectivity index (χ2v) is 13.6. The summed E-state index contributed by atoms with van der Waals surface area (Å²) >= 11 is 0. The van der Waals surface area contributed by atoms with Crippen LogP contribution in [0.5, 0.6) is 0 Å². The van der Waals surface area contributed by atoms with Crippen LogP contribution in [0.15, 0.2) is 94.7 Å². The number of sulfonamides is 2. The van der Waals surface area contributed by atoms with Crippen molar-refractivity contribution < 1.29 is 21.6 Å². The zero-order chi connectivity index (χ0) is 29.9. The Morgan fingerprint density at radius 1 is 0.634 bits per heavy atom. The summed E-state index contributed by atoms with van der Waals surface area (Å²) in [5, 5.41) is 2.69. The second-order valence-electron chi connectivity index (χ2n) is 10.1. The number of aryl methyl sites for hydroxylation is 5. The largest absolute Gasteiger partial charge is 0.325 e. The van der Waals surface area contributed by atoms with E-state index in [4.69, 9.17) is 0 Å². The summed E-state index contributed by atoms with van der Waals surface area (Å²) in [6, 6.07) is 22.8. The summed E-state index contributed by atoms with van der Waals surface area (Å²) in [6.07, 6.45) is 0. The van der Waals surface area contributed by atoms with Gasteiger partial charge < -0.3 is 5.32 Å². The summed E-state index contributed by atoms with van der Waals surface area (Å²) in [5.74, 6) is -0.579. The Labute approximate surface area is 242 Å². The Morgan fingerprint density at radius 3 is 1.83 bits per heavy atom. The minimum Gasteiger partial charge on any atom is -0.325 e. The number of rotatable bonds is 9. The van der Waals surface area contributed by atoms with E-state index in [1.165, 1.54) is 36.4 Å². The third kappa shape index (κ3) is 6.96. The molecule has 0 aliphatic carbocycles. The Bertz CT molecular complexity index is 1800. The summed E-state index contributed by atoms with van der Waals surface area (Å²) in [5.41, 5.74) is 5.77. The molecule has 0 aliphatic rings. The highest BCUT2D eigenvalue weighted by Crippen LogP contribution is 2.28. The van der Waals surface area contributed by atoms with Gasteiger partial charge in [-0.25, -0.2) is 16.8 Å². The molecule has 4 aromatic rings. The number of anilines is 3. The van der Waals surface area contributed by atoms with Crippen LogP contribution in [0.4, 0.5) is 17.1 Å². The van der Waals surface area contributed by atoms with E-state index in [1.807, 2.05) is 39.8 Å². The maximum atomic E-state index is 13.7. The van der Waals surface area contributed by atoms with Gasteiger partial charge in [0.2, 0.25) is 5.91 Å². The fourth-order valence-corrected chi connectivity index (χ4v) is 6.82. The molecule has 0 unspecified atom stereocenters. The van der Waals surface area contributed by atoms with Crippen molar-refractivity contribution in [1.82, 2.24) is 0 Å². The minimum absolute atomic E-state index is 0.0209. The van der Waals surface area contributed by atoms with Crippen molar-refractivity contribution in [2.75, 3.05) is 20.9 Å². The molecule has 0 fully saturated rings. The topological polar surface area (TPSA) is 113 Å². The van der Waals surface area contributed by atoms with Gasteiger partial charge in [-0.1, -0.05) is 41.5 Å². The number of nitrogens with one attached hydrogen (secondary N) is 2. The fraction of sp³-hybridized carbons (Fsp3) is 0.194. The zero-order valence-electron chi connectivity index (χ0n) is 23.6. The Kier molecular flexibility index (Phi) is 8.55. The maximum absolute atomic E-state index is 13.7. The van der Waals surface area contributed by atoms with E-state index in [-0.39, 0.29) is 9.79 Å². The van der Waals surface area contributed by atoms with Crippen LogP contribution in [0.2, 0.25) is 0 Å². The van der Waals surface area contributed by atoms with E-state index in [0.29, 0.717) is 22.6 Å². The number of hydrogen-bond donors (Lipinski definition) is 2. The summed E-state index contributed by atoms with van der Waals surface area (Å²) in [6.45, 7) is 8.93.